The van der Waals surface area contributed by atoms with Gasteiger partial charge in [0.05, 0.1) is 18.7 Å². The molecule has 2 amide bonds. The van der Waals surface area contributed by atoms with Crippen LogP contribution in [0.4, 0.5) is 10.5 Å². The molecular weight excluding hydrogens is 396 g/mol. The third-order valence-electron chi connectivity index (χ3n) is 4.50. The second-order valence-electron chi connectivity index (χ2n) is 6.75. The van der Waals surface area contributed by atoms with E-state index >= 15 is 0 Å². The Labute approximate surface area is 184 Å². The molecule has 0 aliphatic rings. The molecule has 0 aliphatic heterocycles. The van der Waals surface area contributed by atoms with Gasteiger partial charge in [0.1, 0.15) is 0 Å². The lowest BCUT2D eigenvalue weighted by atomic mass is 10.1. The van der Waals surface area contributed by atoms with Gasteiger partial charge >= 0.3 is 12.0 Å². The van der Waals surface area contributed by atoms with Gasteiger partial charge in [-0.2, -0.15) is 0 Å². The number of hydrogen-bond acceptors (Lipinski definition) is 5. The summed E-state index contributed by atoms with van der Waals surface area (Å²) in [6, 6.07) is 16.4. The molecular formula is C24H32N2O5. The first kappa shape index (κ1) is 24.4. The van der Waals surface area contributed by atoms with Crippen LogP contribution in [0, 0.1) is 0 Å². The Bertz CT molecular complexity index is 807. The number of nitrogens with one attached hydrogen (secondary N) is 1. The Morgan fingerprint density at radius 1 is 0.935 bits per heavy atom. The van der Waals surface area contributed by atoms with Gasteiger partial charge in [-0.25, -0.2) is 9.59 Å². The minimum absolute atomic E-state index is 0.290. The minimum Gasteiger partial charge on any atom is -0.462 e. The summed E-state index contributed by atoms with van der Waals surface area (Å²) < 4.78 is 16.3. The number of nitrogens with zero attached hydrogens (tertiary/aromatic N) is 1. The monoisotopic (exact) mass is 428 g/mol. The molecule has 0 heterocycles. The number of hydrogen-bond donors (Lipinski definition) is 1. The molecule has 7 heteroatoms. The average Bonchev–Trinajstić information content (AvgIpc) is 2.78. The zero-order valence-corrected chi connectivity index (χ0v) is 18.5. The van der Waals surface area contributed by atoms with Crippen molar-refractivity contribution in [3.8, 4) is 0 Å². The first-order valence-corrected chi connectivity index (χ1v) is 10.7. The number of amides is 2. The van der Waals surface area contributed by atoms with Crippen LogP contribution in [0.5, 0.6) is 0 Å². The van der Waals surface area contributed by atoms with Crippen molar-refractivity contribution in [2.24, 2.45) is 0 Å². The Balaban J connectivity index is 2.12. The molecule has 2 aromatic carbocycles. The summed E-state index contributed by atoms with van der Waals surface area (Å²) in [7, 11) is 0. The molecule has 168 valence electrons. The highest BCUT2D eigenvalue weighted by molar-refractivity contribution is 5.94. The molecule has 2 rings (SSSR count). The molecule has 0 saturated heterocycles. The van der Waals surface area contributed by atoms with Crippen LogP contribution in [-0.4, -0.2) is 56.1 Å². The quantitative estimate of drug-likeness (QED) is 0.402. The number of rotatable bonds is 12. The van der Waals surface area contributed by atoms with E-state index in [-0.39, 0.29) is 12.6 Å². The van der Waals surface area contributed by atoms with Crippen molar-refractivity contribution in [3.05, 3.63) is 65.7 Å². The van der Waals surface area contributed by atoms with Gasteiger partial charge in [0.2, 0.25) is 0 Å². The van der Waals surface area contributed by atoms with Crippen LogP contribution < -0.4 is 5.32 Å². The second kappa shape index (κ2) is 13.4. The fraction of sp³-hybridized carbons (Fsp3) is 0.417. The fourth-order valence-electron chi connectivity index (χ4n) is 3.03. The maximum atomic E-state index is 13.1. The summed E-state index contributed by atoms with van der Waals surface area (Å²) in [5.41, 5.74) is 2.04. The van der Waals surface area contributed by atoms with Gasteiger partial charge in [-0.1, -0.05) is 36.4 Å². The van der Waals surface area contributed by atoms with Gasteiger partial charge in [-0.15, -0.1) is 0 Å². The highest BCUT2D eigenvalue weighted by atomic mass is 16.7. The summed E-state index contributed by atoms with van der Waals surface area (Å²) in [5, 5.41) is 2.87. The summed E-state index contributed by atoms with van der Waals surface area (Å²) in [4.78, 5) is 26.7. The van der Waals surface area contributed by atoms with Crippen LogP contribution in [0.15, 0.2) is 54.6 Å². The minimum atomic E-state index is -0.512. The molecule has 7 nitrogen and oxygen atoms in total. The third kappa shape index (κ3) is 8.39. The number of esters is 1. The molecule has 0 aliphatic carbocycles. The van der Waals surface area contributed by atoms with E-state index in [4.69, 9.17) is 14.2 Å². The van der Waals surface area contributed by atoms with Gasteiger partial charge in [-0.05, 0) is 51.0 Å². The predicted octanol–water partition coefficient (Wildman–Crippen LogP) is 4.34. The maximum absolute atomic E-state index is 13.1. The van der Waals surface area contributed by atoms with Crippen LogP contribution in [-0.2, 0) is 20.6 Å². The standard InChI is InChI=1S/C24H32N2O5/c1-4-29-22(30-5-2)18-26(16-15-19-11-8-7-9-12-19)24(28)25-21-14-10-13-20(17-21)23(27)31-6-3/h7-14,17,22H,4-6,15-16,18H2,1-3H3,(H,25,28). The third-order valence-corrected chi connectivity index (χ3v) is 4.50. The Kier molecular flexibility index (Phi) is 10.5. The normalized spacial score (nSPS) is 10.7. The van der Waals surface area contributed by atoms with Crippen molar-refractivity contribution in [2.45, 2.75) is 33.5 Å². The summed E-state index contributed by atoms with van der Waals surface area (Å²) in [5.74, 6) is -0.424. The smallest absolute Gasteiger partial charge is 0.338 e. The molecule has 0 bridgehead atoms. The first-order valence-electron chi connectivity index (χ1n) is 10.7. The van der Waals surface area contributed by atoms with E-state index in [1.165, 1.54) is 0 Å². The van der Waals surface area contributed by atoms with Crippen molar-refractivity contribution < 1.29 is 23.8 Å². The van der Waals surface area contributed by atoms with Crippen molar-refractivity contribution in [2.75, 3.05) is 38.2 Å². The number of ether oxygens (including phenoxy) is 3. The topological polar surface area (TPSA) is 77.1 Å². The van der Waals surface area contributed by atoms with E-state index in [0.29, 0.717) is 44.0 Å². The molecule has 1 N–H and O–H groups in total. The van der Waals surface area contributed by atoms with Crippen molar-refractivity contribution in [1.29, 1.82) is 0 Å². The Morgan fingerprint density at radius 3 is 2.29 bits per heavy atom. The van der Waals surface area contributed by atoms with E-state index < -0.39 is 12.3 Å². The van der Waals surface area contributed by atoms with E-state index in [2.05, 4.69) is 5.32 Å². The molecule has 0 saturated carbocycles. The Hall–Kier alpha value is -2.90. The van der Waals surface area contributed by atoms with Crippen LogP contribution in [0.1, 0.15) is 36.7 Å². The van der Waals surface area contributed by atoms with Gasteiger partial charge in [0.15, 0.2) is 6.29 Å². The van der Waals surface area contributed by atoms with E-state index in [1.807, 2.05) is 44.2 Å². The van der Waals surface area contributed by atoms with Crippen molar-refractivity contribution in [3.63, 3.8) is 0 Å². The highest BCUT2D eigenvalue weighted by Crippen LogP contribution is 2.14. The van der Waals surface area contributed by atoms with Crippen LogP contribution in [0.3, 0.4) is 0 Å². The largest absolute Gasteiger partial charge is 0.462 e. The zero-order valence-electron chi connectivity index (χ0n) is 18.5. The predicted molar refractivity (Wildman–Crippen MR) is 120 cm³/mol. The molecule has 0 radical (unpaired) electrons. The average molecular weight is 429 g/mol. The van der Waals surface area contributed by atoms with Crippen LogP contribution in [0.25, 0.3) is 0 Å². The summed E-state index contributed by atoms with van der Waals surface area (Å²) in [6.45, 7) is 7.57. The van der Waals surface area contributed by atoms with Crippen molar-refractivity contribution in [1.82, 2.24) is 4.90 Å². The first-order chi connectivity index (χ1) is 15.1. The molecule has 2 aromatic rings. The van der Waals surface area contributed by atoms with Gasteiger partial charge < -0.3 is 24.4 Å². The fourth-order valence-corrected chi connectivity index (χ4v) is 3.03. The van der Waals surface area contributed by atoms with Crippen LogP contribution >= 0.6 is 0 Å². The van der Waals surface area contributed by atoms with E-state index in [0.717, 1.165) is 5.56 Å². The van der Waals surface area contributed by atoms with Gasteiger partial charge in [-0.3, -0.25) is 0 Å². The Morgan fingerprint density at radius 2 is 1.65 bits per heavy atom. The zero-order chi connectivity index (χ0) is 22.5. The number of carbonyl (C=O) groups is 2. The number of anilines is 1. The molecule has 0 fully saturated rings. The summed E-state index contributed by atoms with van der Waals surface area (Å²) in [6.07, 6.45) is 0.185. The number of carbonyl (C=O) groups excluding carboxylic acids is 2. The lowest BCUT2D eigenvalue weighted by molar-refractivity contribution is -0.142. The lowest BCUT2D eigenvalue weighted by Crippen LogP contribution is -2.43. The van der Waals surface area contributed by atoms with E-state index in [1.54, 1.807) is 36.1 Å². The molecule has 0 atom stereocenters. The maximum Gasteiger partial charge on any atom is 0.338 e. The van der Waals surface area contributed by atoms with Gasteiger partial charge in [0, 0.05) is 25.4 Å². The molecule has 0 spiro atoms. The molecule has 31 heavy (non-hydrogen) atoms. The van der Waals surface area contributed by atoms with Gasteiger partial charge in [0.25, 0.3) is 0 Å². The van der Waals surface area contributed by atoms with Crippen LogP contribution in [0.2, 0.25) is 0 Å². The summed E-state index contributed by atoms with van der Waals surface area (Å²) >= 11 is 0. The lowest BCUT2D eigenvalue weighted by Gasteiger charge is -2.27. The number of benzene rings is 2. The van der Waals surface area contributed by atoms with E-state index in [9.17, 15) is 9.59 Å². The number of urea groups is 1. The SMILES string of the molecule is CCOC(=O)c1cccc(NC(=O)N(CCc2ccccc2)CC(OCC)OCC)c1. The molecule has 0 aromatic heterocycles. The van der Waals surface area contributed by atoms with Crippen molar-refractivity contribution >= 4 is 17.7 Å². The molecule has 0 unspecified atom stereocenters. The highest BCUT2D eigenvalue weighted by Gasteiger charge is 2.20. The second-order valence-corrected chi connectivity index (χ2v) is 6.75.